The third-order valence-corrected chi connectivity index (χ3v) is 4.14. The zero-order valence-electron chi connectivity index (χ0n) is 13.0. The zero-order chi connectivity index (χ0) is 14.8. The highest BCUT2D eigenvalue weighted by Gasteiger charge is 2.34. The third-order valence-electron chi connectivity index (χ3n) is 4.14. The summed E-state index contributed by atoms with van der Waals surface area (Å²) in [5, 5.41) is 8.45. The van der Waals surface area contributed by atoms with Crippen LogP contribution < -0.4 is 0 Å². The Morgan fingerprint density at radius 1 is 1.43 bits per heavy atom. The lowest BCUT2D eigenvalue weighted by Gasteiger charge is -2.41. The quantitative estimate of drug-likeness (QED) is 0.818. The normalized spacial score (nSPS) is 17.9. The summed E-state index contributed by atoms with van der Waals surface area (Å²) < 4.78 is 7.45. The highest BCUT2D eigenvalue weighted by atomic mass is 16.5. The molecule has 6 nitrogen and oxygen atoms in total. The number of rotatable bonds is 6. The van der Waals surface area contributed by atoms with Crippen LogP contribution in [0.25, 0.3) is 0 Å². The van der Waals surface area contributed by atoms with Crippen LogP contribution in [0.1, 0.15) is 56.1 Å². The molecule has 0 amide bonds. The number of unbranched alkanes of at least 4 members (excludes halogenated alkanes) is 1. The van der Waals surface area contributed by atoms with E-state index in [0.717, 1.165) is 44.1 Å². The van der Waals surface area contributed by atoms with Crippen molar-refractivity contribution in [1.82, 2.24) is 24.8 Å². The van der Waals surface area contributed by atoms with Gasteiger partial charge in [0.1, 0.15) is 0 Å². The Balaban J connectivity index is 1.55. The average molecular weight is 289 g/mol. The summed E-state index contributed by atoms with van der Waals surface area (Å²) in [4.78, 5) is 6.86. The van der Waals surface area contributed by atoms with Gasteiger partial charge in [-0.05, 0) is 25.8 Å². The molecule has 2 aromatic heterocycles. The molecule has 1 atom stereocenters. The van der Waals surface area contributed by atoms with E-state index >= 15 is 0 Å². The van der Waals surface area contributed by atoms with Crippen LogP contribution >= 0.6 is 0 Å². The van der Waals surface area contributed by atoms with Gasteiger partial charge in [-0.15, -0.1) is 0 Å². The van der Waals surface area contributed by atoms with E-state index < -0.39 is 0 Å². The number of hydrogen-bond donors (Lipinski definition) is 0. The fraction of sp³-hybridized carbons (Fsp3) is 0.667. The molecule has 1 fully saturated rings. The first-order chi connectivity index (χ1) is 10.2. The van der Waals surface area contributed by atoms with Gasteiger partial charge in [-0.1, -0.05) is 18.5 Å². The summed E-state index contributed by atoms with van der Waals surface area (Å²) in [5.74, 6) is 1.56. The average Bonchev–Trinajstić information content (AvgIpc) is 3.04. The number of likely N-dealkylation sites (tertiary alicyclic amines) is 1. The molecule has 6 heteroatoms. The molecule has 0 spiro atoms. The van der Waals surface area contributed by atoms with Gasteiger partial charge in [-0.2, -0.15) is 10.1 Å². The van der Waals surface area contributed by atoms with E-state index in [2.05, 4.69) is 51.8 Å². The van der Waals surface area contributed by atoms with Crippen LogP contribution in [0.15, 0.2) is 16.9 Å². The molecule has 0 aliphatic carbocycles. The molecular weight excluding hydrogens is 266 g/mol. The van der Waals surface area contributed by atoms with Gasteiger partial charge in [0.15, 0.2) is 5.82 Å². The number of hydrogen-bond acceptors (Lipinski definition) is 5. The van der Waals surface area contributed by atoms with Crippen LogP contribution in [0.3, 0.4) is 0 Å². The van der Waals surface area contributed by atoms with Crippen molar-refractivity contribution < 1.29 is 4.52 Å². The summed E-state index contributed by atoms with van der Waals surface area (Å²) in [6, 6.07) is 0.643. The maximum Gasteiger partial charge on any atom is 0.243 e. The molecule has 3 rings (SSSR count). The summed E-state index contributed by atoms with van der Waals surface area (Å²) in [6.07, 6.45) is 7.17. The first-order valence-electron chi connectivity index (χ1n) is 7.74. The molecule has 1 aliphatic rings. The van der Waals surface area contributed by atoms with Crippen LogP contribution in [0.2, 0.25) is 0 Å². The predicted octanol–water partition coefficient (Wildman–Crippen LogP) is 2.54. The van der Waals surface area contributed by atoms with Crippen molar-refractivity contribution in [3.8, 4) is 0 Å². The molecule has 0 N–H and O–H groups in total. The highest BCUT2D eigenvalue weighted by Crippen LogP contribution is 2.30. The molecule has 2 aromatic rings. The van der Waals surface area contributed by atoms with Gasteiger partial charge in [-0.25, -0.2) is 0 Å². The van der Waals surface area contributed by atoms with E-state index in [1.807, 2.05) is 6.20 Å². The zero-order valence-corrected chi connectivity index (χ0v) is 13.0. The molecule has 1 aliphatic heterocycles. The molecule has 0 aromatic carbocycles. The van der Waals surface area contributed by atoms with Gasteiger partial charge in [0.25, 0.3) is 0 Å². The lowest BCUT2D eigenvalue weighted by atomic mass is 10.1. The fourth-order valence-corrected chi connectivity index (χ4v) is 2.63. The second kappa shape index (κ2) is 5.97. The van der Waals surface area contributed by atoms with Crippen molar-refractivity contribution in [2.75, 3.05) is 13.1 Å². The van der Waals surface area contributed by atoms with Crippen LogP contribution in [0.5, 0.6) is 0 Å². The maximum atomic E-state index is 5.40. The smallest absolute Gasteiger partial charge is 0.243 e. The summed E-state index contributed by atoms with van der Waals surface area (Å²) in [7, 11) is 0. The largest absolute Gasteiger partial charge is 0.338 e. The first kappa shape index (κ1) is 14.3. The summed E-state index contributed by atoms with van der Waals surface area (Å²) >= 11 is 0. The minimum atomic E-state index is 0.181. The van der Waals surface area contributed by atoms with E-state index in [9.17, 15) is 0 Å². The summed E-state index contributed by atoms with van der Waals surface area (Å²) in [6.45, 7) is 8.32. The van der Waals surface area contributed by atoms with E-state index in [0.29, 0.717) is 6.04 Å². The fourth-order valence-electron chi connectivity index (χ4n) is 2.63. The Labute approximate surface area is 125 Å². The minimum absolute atomic E-state index is 0.181. The SMILES string of the molecule is CCCCc1noc([C@@H](C)N2CC(n3cc(C)cn3)C2)n1. The number of nitrogens with zero attached hydrogens (tertiary/aromatic N) is 5. The minimum Gasteiger partial charge on any atom is -0.338 e. The van der Waals surface area contributed by atoms with Gasteiger partial charge in [0, 0.05) is 25.7 Å². The van der Waals surface area contributed by atoms with E-state index in [1.54, 1.807) is 0 Å². The Morgan fingerprint density at radius 3 is 2.90 bits per heavy atom. The van der Waals surface area contributed by atoms with Gasteiger partial charge in [-0.3, -0.25) is 9.58 Å². The van der Waals surface area contributed by atoms with Gasteiger partial charge in [0.2, 0.25) is 5.89 Å². The lowest BCUT2D eigenvalue weighted by Crippen LogP contribution is -2.48. The molecule has 0 radical (unpaired) electrons. The summed E-state index contributed by atoms with van der Waals surface area (Å²) in [5.41, 5.74) is 1.21. The Bertz CT molecular complexity index is 584. The Morgan fingerprint density at radius 2 is 2.24 bits per heavy atom. The Hall–Kier alpha value is -1.69. The van der Waals surface area contributed by atoms with Crippen molar-refractivity contribution in [3.63, 3.8) is 0 Å². The topological polar surface area (TPSA) is 60.0 Å². The Kier molecular flexibility index (Phi) is 4.05. The second-order valence-electron chi connectivity index (χ2n) is 5.93. The van der Waals surface area contributed by atoms with Crippen molar-refractivity contribution in [1.29, 1.82) is 0 Å². The van der Waals surface area contributed by atoms with Crippen molar-refractivity contribution in [3.05, 3.63) is 29.7 Å². The number of aryl methyl sites for hydroxylation is 2. The van der Waals surface area contributed by atoms with Gasteiger partial charge < -0.3 is 4.52 Å². The van der Waals surface area contributed by atoms with Crippen LogP contribution in [-0.4, -0.2) is 37.9 Å². The number of aromatic nitrogens is 4. The molecular formula is C15H23N5O. The second-order valence-corrected chi connectivity index (χ2v) is 5.93. The molecule has 3 heterocycles. The van der Waals surface area contributed by atoms with Crippen molar-refractivity contribution in [2.45, 2.75) is 52.1 Å². The highest BCUT2D eigenvalue weighted by molar-refractivity contribution is 5.03. The lowest BCUT2D eigenvalue weighted by molar-refractivity contribution is 0.0456. The van der Waals surface area contributed by atoms with Crippen molar-refractivity contribution >= 4 is 0 Å². The maximum absolute atomic E-state index is 5.40. The standard InChI is InChI=1S/C15H23N5O/c1-4-5-6-14-17-15(21-18-14)12(3)19-9-13(10-19)20-8-11(2)7-16-20/h7-8,12-13H,4-6,9-10H2,1-3H3/t12-/m1/s1. The monoisotopic (exact) mass is 289 g/mol. The molecule has 114 valence electrons. The van der Waals surface area contributed by atoms with Gasteiger partial charge >= 0.3 is 0 Å². The van der Waals surface area contributed by atoms with E-state index in [-0.39, 0.29) is 6.04 Å². The van der Waals surface area contributed by atoms with E-state index in [4.69, 9.17) is 4.52 Å². The molecule has 21 heavy (non-hydrogen) atoms. The molecule has 0 unspecified atom stereocenters. The predicted molar refractivity (Wildman–Crippen MR) is 78.9 cm³/mol. The van der Waals surface area contributed by atoms with Gasteiger partial charge in [0.05, 0.1) is 18.3 Å². The molecule has 0 saturated carbocycles. The first-order valence-corrected chi connectivity index (χ1v) is 7.74. The van der Waals surface area contributed by atoms with Crippen LogP contribution in [0.4, 0.5) is 0 Å². The van der Waals surface area contributed by atoms with Crippen molar-refractivity contribution in [2.24, 2.45) is 0 Å². The van der Waals surface area contributed by atoms with E-state index in [1.165, 1.54) is 5.56 Å². The third kappa shape index (κ3) is 3.00. The molecule has 0 bridgehead atoms. The van der Waals surface area contributed by atoms with Crippen LogP contribution in [-0.2, 0) is 6.42 Å². The molecule has 1 saturated heterocycles. The van der Waals surface area contributed by atoms with Crippen LogP contribution in [0, 0.1) is 6.92 Å².